The molecule has 2 N–H and O–H groups in total. The summed E-state index contributed by atoms with van der Waals surface area (Å²) in [5.41, 5.74) is 9.26. The van der Waals surface area contributed by atoms with E-state index in [4.69, 9.17) is 10.5 Å². The van der Waals surface area contributed by atoms with Gasteiger partial charge in [0.2, 0.25) is 0 Å². The Labute approximate surface area is 94.1 Å². The number of hydrogen-bond donors (Lipinski definition) is 1. The summed E-state index contributed by atoms with van der Waals surface area (Å²) in [5, 5.41) is 0. The Morgan fingerprint density at radius 2 is 2.12 bits per heavy atom. The van der Waals surface area contributed by atoms with E-state index in [1.807, 2.05) is 25.1 Å². The van der Waals surface area contributed by atoms with Crippen molar-refractivity contribution in [1.82, 2.24) is 9.97 Å². The molecule has 0 radical (unpaired) electrons. The number of ether oxygens (including phenoxy) is 1. The van der Waals surface area contributed by atoms with Crippen molar-refractivity contribution < 1.29 is 4.74 Å². The van der Waals surface area contributed by atoms with Crippen molar-refractivity contribution in [2.24, 2.45) is 0 Å². The van der Waals surface area contributed by atoms with Crippen molar-refractivity contribution in [2.45, 2.75) is 6.92 Å². The van der Waals surface area contributed by atoms with Gasteiger partial charge in [-0.15, -0.1) is 0 Å². The molecule has 16 heavy (non-hydrogen) atoms. The van der Waals surface area contributed by atoms with Crippen molar-refractivity contribution in [3.05, 3.63) is 36.4 Å². The topological polar surface area (TPSA) is 61.0 Å². The molecular formula is C12H13N3O. The number of benzene rings is 1. The fourth-order valence-electron chi connectivity index (χ4n) is 1.64. The summed E-state index contributed by atoms with van der Waals surface area (Å²) < 4.78 is 5.30. The summed E-state index contributed by atoms with van der Waals surface area (Å²) in [7, 11) is 1.62. The fraction of sp³-hybridized carbons (Fsp3) is 0.167. The lowest BCUT2D eigenvalue weighted by molar-refractivity contribution is 0.416. The van der Waals surface area contributed by atoms with Gasteiger partial charge >= 0.3 is 0 Å². The molecule has 0 amide bonds. The van der Waals surface area contributed by atoms with Crippen molar-refractivity contribution >= 4 is 5.69 Å². The van der Waals surface area contributed by atoms with Crippen LogP contribution in [0.25, 0.3) is 11.1 Å². The molecule has 2 aromatic rings. The smallest absolute Gasteiger partial charge is 0.128 e. The molecule has 82 valence electrons. The fourth-order valence-corrected chi connectivity index (χ4v) is 1.64. The van der Waals surface area contributed by atoms with Gasteiger partial charge in [0.25, 0.3) is 0 Å². The van der Waals surface area contributed by atoms with Crippen LogP contribution in [0.1, 0.15) is 5.69 Å². The third-order valence-corrected chi connectivity index (χ3v) is 2.46. The molecule has 0 unspecified atom stereocenters. The second-order valence-corrected chi connectivity index (χ2v) is 3.45. The summed E-state index contributed by atoms with van der Waals surface area (Å²) in [6.07, 6.45) is 3.26. The zero-order chi connectivity index (χ0) is 11.5. The van der Waals surface area contributed by atoms with Gasteiger partial charge in [0.1, 0.15) is 12.1 Å². The first-order valence-electron chi connectivity index (χ1n) is 4.93. The first kappa shape index (κ1) is 10.4. The largest absolute Gasteiger partial charge is 0.496 e. The van der Waals surface area contributed by atoms with Gasteiger partial charge in [-0.2, -0.15) is 0 Å². The van der Waals surface area contributed by atoms with Gasteiger partial charge in [0.05, 0.1) is 12.7 Å². The third-order valence-electron chi connectivity index (χ3n) is 2.46. The van der Waals surface area contributed by atoms with Crippen LogP contribution < -0.4 is 10.5 Å². The maximum atomic E-state index is 5.96. The van der Waals surface area contributed by atoms with Crippen LogP contribution in [0.3, 0.4) is 0 Å². The van der Waals surface area contributed by atoms with Gasteiger partial charge in [-0.1, -0.05) is 6.07 Å². The Morgan fingerprint density at radius 3 is 2.81 bits per heavy atom. The van der Waals surface area contributed by atoms with Crippen LogP contribution in [0, 0.1) is 6.92 Å². The number of nitrogens with zero attached hydrogens (tertiary/aromatic N) is 2. The number of rotatable bonds is 2. The molecule has 4 heteroatoms. The molecular weight excluding hydrogens is 202 g/mol. The molecule has 1 aromatic carbocycles. The SMILES string of the molecule is COc1cccc(N)c1-c1cncnc1C. The van der Waals surface area contributed by atoms with E-state index in [1.165, 1.54) is 6.33 Å². The van der Waals surface area contributed by atoms with Crippen LogP contribution in [0.15, 0.2) is 30.7 Å². The Morgan fingerprint density at radius 1 is 1.31 bits per heavy atom. The molecule has 0 aliphatic heterocycles. The second-order valence-electron chi connectivity index (χ2n) is 3.45. The van der Waals surface area contributed by atoms with Gasteiger partial charge < -0.3 is 10.5 Å². The molecule has 0 spiro atoms. The second kappa shape index (κ2) is 4.18. The van der Waals surface area contributed by atoms with Crippen molar-refractivity contribution in [1.29, 1.82) is 0 Å². The Bertz CT molecular complexity index is 511. The average molecular weight is 215 g/mol. The highest BCUT2D eigenvalue weighted by atomic mass is 16.5. The van der Waals surface area contributed by atoms with E-state index in [9.17, 15) is 0 Å². The first-order valence-corrected chi connectivity index (χ1v) is 4.93. The third kappa shape index (κ3) is 1.69. The number of nitrogens with two attached hydrogens (primary N) is 1. The summed E-state index contributed by atoms with van der Waals surface area (Å²) in [6.45, 7) is 1.92. The lowest BCUT2D eigenvalue weighted by atomic mass is 10.0. The molecule has 0 saturated heterocycles. The van der Waals surface area contributed by atoms with Crippen LogP contribution >= 0.6 is 0 Å². The predicted octanol–water partition coefficient (Wildman–Crippen LogP) is 2.04. The molecule has 0 aliphatic rings. The molecule has 1 aromatic heterocycles. The minimum Gasteiger partial charge on any atom is -0.496 e. The average Bonchev–Trinajstić information content (AvgIpc) is 2.30. The zero-order valence-electron chi connectivity index (χ0n) is 9.27. The van der Waals surface area contributed by atoms with E-state index in [-0.39, 0.29) is 0 Å². The summed E-state index contributed by atoms with van der Waals surface area (Å²) >= 11 is 0. The van der Waals surface area contributed by atoms with Crippen LogP contribution in [-0.4, -0.2) is 17.1 Å². The highest BCUT2D eigenvalue weighted by Gasteiger charge is 2.12. The molecule has 0 fully saturated rings. The Hall–Kier alpha value is -2.10. The molecule has 4 nitrogen and oxygen atoms in total. The van der Waals surface area contributed by atoms with E-state index < -0.39 is 0 Å². The van der Waals surface area contributed by atoms with Crippen molar-refractivity contribution in [3.63, 3.8) is 0 Å². The Balaban J connectivity index is 2.68. The summed E-state index contributed by atoms with van der Waals surface area (Å²) in [6, 6.07) is 5.57. The molecule has 0 bridgehead atoms. The van der Waals surface area contributed by atoms with Gasteiger partial charge in [-0.25, -0.2) is 9.97 Å². The zero-order valence-corrected chi connectivity index (χ0v) is 9.27. The highest BCUT2D eigenvalue weighted by molar-refractivity contribution is 5.82. The molecule has 0 aliphatic carbocycles. The highest BCUT2D eigenvalue weighted by Crippen LogP contribution is 2.35. The number of methoxy groups -OCH3 is 1. The van der Waals surface area contributed by atoms with Gasteiger partial charge in [0, 0.05) is 23.1 Å². The van der Waals surface area contributed by atoms with Crippen LogP contribution in [0.5, 0.6) is 5.75 Å². The van der Waals surface area contributed by atoms with Crippen LogP contribution in [-0.2, 0) is 0 Å². The van der Waals surface area contributed by atoms with E-state index in [0.29, 0.717) is 5.69 Å². The summed E-state index contributed by atoms with van der Waals surface area (Å²) in [4.78, 5) is 8.17. The minimum atomic E-state index is 0.664. The maximum absolute atomic E-state index is 5.96. The van der Waals surface area contributed by atoms with Gasteiger partial charge in [-0.3, -0.25) is 0 Å². The predicted molar refractivity (Wildman–Crippen MR) is 63.2 cm³/mol. The number of hydrogen-bond acceptors (Lipinski definition) is 4. The molecule has 2 rings (SSSR count). The van der Waals surface area contributed by atoms with Gasteiger partial charge in [-0.05, 0) is 19.1 Å². The normalized spacial score (nSPS) is 10.1. The lowest BCUT2D eigenvalue weighted by Gasteiger charge is -2.12. The van der Waals surface area contributed by atoms with E-state index in [2.05, 4.69) is 9.97 Å². The van der Waals surface area contributed by atoms with Gasteiger partial charge in [0.15, 0.2) is 0 Å². The van der Waals surface area contributed by atoms with Crippen molar-refractivity contribution in [2.75, 3.05) is 12.8 Å². The molecule has 0 atom stereocenters. The minimum absolute atomic E-state index is 0.664. The first-order chi connectivity index (χ1) is 7.74. The summed E-state index contributed by atoms with van der Waals surface area (Å²) in [5.74, 6) is 0.734. The van der Waals surface area contributed by atoms with Crippen LogP contribution in [0.2, 0.25) is 0 Å². The van der Waals surface area contributed by atoms with Crippen LogP contribution in [0.4, 0.5) is 5.69 Å². The molecule has 1 heterocycles. The maximum Gasteiger partial charge on any atom is 0.128 e. The van der Waals surface area contributed by atoms with Crippen molar-refractivity contribution in [3.8, 4) is 16.9 Å². The van der Waals surface area contributed by atoms with E-state index in [0.717, 1.165) is 22.6 Å². The standard InChI is InChI=1S/C12H13N3O/c1-8-9(6-14-7-15-8)12-10(13)4-3-5-11(12)16-2/h3-7H,13H2,1-2H3. The number of aryl methyl sites for hydroxylation is 1. The number of anilines is 1. The van der Waals surface area contributed by atoms with E-state index >= 15 is 0 Å². The van der Waals surface area contributed by atoms with E-state index in [1.54, 1.807) is 13.3 Å². The number of nitrogen functional groups attached to an aromatic ring is 1. The monoisotopic (exact) mass is 215 g/mol. The lowest BCUT2D eigenvalue weighted by Crippen LogP contribution is -1.97. The molecule has 0 saturated carbocycles. The number of aromatic nitrogens is 2. The quantitative estimate of drug-likeness (QED) is 0.779. The Kier molecular flexibility index (Phi) is 2.72.